The van der Waals surface area contributed by atoms with Crippen LogP contribution in [0.25, 0.3) is 0 Å². The number of methoxy groups -OCH3 is 1. The minimum atomic E-state index is -0.424. The average Bonchev–Trinajstić information content (AvgIpc) is 2.36. The summed E-state index contributed by atoms with van der Waals surface area (Å²) in [6, 6.07) is 0. The van der Waals surface area contributed by atoms with Crippen molar-refractivity contribution in [1.29, 1.82) is 0 Å². The molecule has 0 spiro atoms. The Labute approximate surface area is 119 Å². The zero-order valence-electron chi connectivity index (χ0n) is 9.47. The SMILES string of the molecule is COC1(c2nc(Cl)c(Br)c(Cl)n2)CCCCC1. The molecule has 0 N–H and O–H groups in total. The fraction of sp³-hybridized carbons (Fsp3) is 0.636. The quantitative estimate of drug-likeness (QED) is 0.751. The number of hydrogen-bond donors (Lipinski definition) is 0. The van der Waals surface area contributed by atoms with Crippen LogP contribution in [0.1, 0.15) is 37.9 Å². The first kappa shape index (κ1) is 13.5. The van der Waals surface area contributed by atoms with Gasteiger partial charge in [-0.2, -0.15) is 0 Å². The summed E-state index contributed by atoms with van der Waals surface area (Å²) in [5.41, 5.74) is -0.424. The second kappa shape index (κ2) is 5.39. The van der Waals surface area contributed by atoms with Gasteiger partial charge < -0.3 is 4.74 Å². The highest BCUT2D eigenvalue weighted by atomic mass is 79.9. The standard InChI is InChI=1S/C11H13BrCl2N2O/c1-17-11(5-3-2-4-6-11)10-15-8(13)7(12)9(14)16-10/h2-6H2,1H3. The van der Waals surface area contributed by atoms with Crippen LogP contribution < -0.4 is 0 Å². The maximum Gasteiger partial charge on any atom is 0.163 e. The molecule has 1 aromatic rings. The smallest absolute Gasteiger partial charge is 0.163 e. The Morgan fingerprint density at radius 1 is 1.12 bits per heavy atom. The van der Waals surface area contributed by atoms with Crippen molar-refractivity contribution < 1.29 is 4.74 Å². The van der Waals surface area contributed by atoms with Crippen molar-refractivity contribution in [3.05, 3.63) is 20.6 Å². The first-order valence-electron chi connectivity index (χ1n) is 5.53. The van der Waals surface area contributed by atoms with E-state index in [9.17, 15) is 0 Å². The van der Waals surface area contributed by atoms with Gasteiger partial charge in [0.2, 0.25) is 0 Å². The molecule has 1 heterocycles. The predicted molar refractivity (Wildman–Crippen MR) is 71.5 cm³/mol. The van der Waals surface area contributed by atoms with E-state index < -0.39 is 5.60 Å². The highest BCUT2D eigenvalue weighted by molar-refractivity contribution is 9.10. The van der Waals surface area contributed by atoms with E-state index in [0.29, 0.717) is 20.6 Å². The van der Waals surface area contributed by atoms with Crippen molar-refractivity contribution in [2.24, 2.45) is 0 Å². The third-order valence-corrected chi connectivity index (χ3v) is 4.98. The van der Waals surface area contributed by atoms with Crippen LogP contribution in [0.2, 0.25) is 10.3 Å². The molecule has 1 aliphatic carbocycles. The number of nitrogens with zero attached hydrogens (tertiary/aromatic N) is 2. The molecule has 0 bridgehead atoms. The summed E-state index contributed by atoms with van der Waals surface area (Å²) < 4.78 is 6.19. The van der Waals surface area contributed by atoms with Crippen LogP contribution in [0.3, 0.4) is 0 Å². The van der Waals surface area contributed by atoms with Crippen LogP contribution in [0, 0.1) is 0 Å². The number of rotatable bonds is 2. The van der Waals surface area contributed by atoms with Crippen molar-refractivity contribution in [2.75, 3.05) is 7.11 Å². The normalized spacial score (nSPS) is 19.3. The fourth-order valence-corrected chi connectivity index (χ4v) is 2.80. The molecule has 1 aromatic heterocycles. The van der Waals surface area contributed by atoms with Crippen molar-refractivity contribution in [3.63, 3.8) is 0 Å². The van der Waals surface area contributed by atoms with Crippen molar-refractivity contribution in [3.8, 4) is 0 Å². The lowest BCUT2D eigenvalue weighted by atomic mass is 9.84. The molecule has 1 fully saturated rings. The van der Waals surface area contributed by atoms with Crippen LogP contribution in [0.4, 0.5) is 0 Å². The molecule has 6 heteroatoms. The van der Waals surface area contributed by atoms with E-state index in [-0.39, 0.29) is 0 Å². The van der Waals surface area contributed by atoms with Crippen LogP contribution in [0.5, 0.6) is 0 Å². The van der Waals surface area contributed by atoms with Crippen molar-refractivity contribution in [2.45, 2.75) is 37.7 Å². The lowest BCUT2D eigenvalue weighted by Crippen LogP contribution is -2.33. The van der Waals surface area contributed by atoms with Crippen molar-refractivity contribution >= 4 is 39.1 Å². The van der Waals surface area contributed by atoms with E-state index >= 15 is 0 Å². The van der Waals surface area contributed by atoms with Gasteiger partial charge in [-0.15, -0.1) is 0 Å². The molecule has 1 aliphatic rings. The molecule has 3 nitrogen and oxygen atoms in total. The van der Waals surface area contributed by atoms with Gasteiger partial charge in [-0.05, 0) is 28.8 Å². The first-order chi connectivity index (χ1) is 8.09. The molecule has 0 radical (unpaired) electrons. The van der Waals surface area contributed by atoms with Crippen LogP contribution in [-0.2, 0) is 10.3 Å². The lowest BCUT2D eigenvalue weighted by molar-refractivity contribution is -0.0515. The molecule has 2 rings (SSSR count). The van der Waals surface area contributed by atoms with Crippen LogP contribution in [0.15, 0.2) is 4.47 Å². The zero-order valence-corrected chi connectivity index (χ0v) is 12.6. The minimum absolute atomic E-state index is 0.335. The van der Waals surface area contributed by atoms with E-state index in [1.54, 1.807) is 7.11 Å². The van der Waals surface area contributed by atoms with Crippen LogP contribution in [-0.4, -0.2) is 17.1 Å². The maximum atomic E-state index is 6.02. The van der Waals surface area contributed by atoms with E-state index in [2.05, 4.69) is 25.9 Å². The summed E-state index contributed by atoms with van der Waals surface area (Å²) in [7, 11) is 1.69. The summed E-state index contributed by atoms with van der Waals surface area (Å²) in [5, 5.41) is 0.670. The first-order valence-corrected chi connectivity index (χ1v) is 7.08. The zero-order chi connectivity index (χ0) is 12.5. The van der Waals surface area contributed by atoms with E-state index in [4.69, 9.17) is 27.9 Å². The monoisotopic (exact) mass is 338 g/mol. The second-order valence-corrected chi connectivity index (χ2v) is 5.71. The predicted octanol–water partition coefficient (Wildman–Crippen LogP) is 4.35. The van der Waals surface area contributed by atoms with Gasteiger partial charge >= 0.3 is 0 Å². The topological polar surface area (TPSA) is 35.0 Å². The number of hydrogen-bond acceptors (Lipinski definition) is 3. The van der Waals surface area contributed by atoms with Gasteiger partial charge in [0.15, 0.2) is 5.82 Å². The Kier molecular flexibility index (Phi) is 4.29. The van der Waals surface area contributed by atoms with Gasteiger partial charge in [0.1, 0.15) is 15.9 Å². The Hall–Kier alpha value is 0.1000. The summed E-state index contributed by atoms with van der Waals surface area (Å²) >= 11 is 15.3. The highest BCUT2D eigenvalue weighted by Crippen LogP contribution is 2.40. The number of aromatic nitrogens is 2. The maximum absolute atomic E-state index is 6.02. The largest absolute Gasteiger partial charge is 0.370 e. The van der Waals surface area contributed by atoms with Gasteiger partial charge in [0.05, 0.1) is 4.47 Å². The summed E-state index contributed by atoms with van der Waals surface area (Å²) in [6.07, 6.45) is 5.28. The molecular weight excluding hydrogens is 327 g/mol. The summed E-state index contributed by atoms with van der Waals surface area (Å²) in [6.45, 7) is 0. The summed E-state index contributed by atoms with van der Waals surface area (Å²) in [4.78, 5) is 8.60. The Balaban J connectivity index is 2.43. The van der Waals surface area contributed by atoms with Crippen LogP contribution >= 0.6 is 39.1 Å². The Bertz CT molecular complexity index is 399. The van der Waals surface area contributed by atoms with Gasteiger partial charge in [0.25, 0.3) is 0 Å². The molecule has 0 atom stereocenters. The van der Waals surface area contributed by atoms with Gasteiger partial charge in [-0.25, -0.2) is 9.97 Å². The number of ether oxygens (including phenoxy) is 1. The molecule has 0 saturated heterocycles. The van der Waals surface area contributed by atoms with Crippen molar-refractivity contribution in [1.82, 2.24) is 9.97 Å². The van der Waals surface area contributed by atoms with Gasteiger partial charge in [0, 0.05) is 7.11 Å². The van der Waals surface area contributed by atoms with E-state index in [0.717, 1.165) is 25.7 Å². The van der Waals surface area contributed by atoms with E-state index in [1.165, 1.54) is 6.42 Å². The fourth-order valence-electron chi connectivity index (χ4n) is 2.24. The van der Waals surface area contributed by atoms with Gasteiger partial charge in [-0.3, -0.25) is 0 Å². The second-order valence-electron chi connectivity index (χ2n) is 4.20. The third-order valence-electron chi connectivity index (χ3n) is 3.23. The molecule has 94 valence electrons. The molecule has 17 heavy (non-hydrogen) atoms. The molecule has 0 unspecified atom stereocenters. The average molecular weight is 340 g/mol. The number of halogens is 3. The molecule has 0 amide bonds. The van der Waals surface area contributed by atoms with E-state index in [1.807, 2.05) is 0 Å². The Morgan fingerprint density at radius 3 is 2.12 bits per heavy atom. The summed E-state index contributed by atoms with van der Waals surface area (Å²) in [5.74, 6) is 0.595. The Morgan fingerprint density at radius 2 is 1.65 bits per heavy atom. The highest BCUT2D eigenvalue weighted by Gasteiger charge is 2.37. The molecule has 0 aromatic carbocycles. The van der Waals surface area contributed by atoms with Gasteiger partial charge in [-0.1, -0.05) is 42.5 Å². The lowest BCUT2D eigenvalue weighted by Gasteiger charge is -2.34. The molecular formula is C11H13BrCl2N2O. The minimum Gasteiger partial charge on any atom is -0.370 e. The molecule has 0 aliphatic heterocycles. The molecule has 1 saturated carbocycles. The third kappa shape index (κ3) is 2.60.